The van der Waals surface area contributed by atoms with Gasteiger partial charge in [-0.15, -0.1) is 11.8 Å². The van der Waals surface area contributed by atoms with E-state index in [-0.39, 0.29) is 11.2 Å². The van der Waals surface area contributed by atoms with E-state index >= 15 is 0 Å². The molecule has 1 heterocycles. The van der Waals surface area contributed by atoms with Gasteiger partial charge in [0.05, 0.1) is 5.25 Å². The number of hydrogen-bond acceptors (Lipinski definition) is 3. The highest BCUT2D eigenvalue weighted by molar-refractivity contribution is 8.00. The van der Waals surface area contributed by atoms with Gasteiger partial charge in [-0.25, -0.2) is 4.98 Å². The van der Waals surface area contributed by atoms with Gasteiger partial charge in [0.15, 0.2) is 0 Å². The summed E-state index contributed by atoms with van der Waals surface area (Å²) < 4.78 is 0. The van der Waals surface area contributed by atoms with E-state index in [0.29, 0.717) is 5.82 Å². The highest BCUT2D eigenvalue weighted by atomic mass is 32.2. The number of nitrogens with one attached hydrogen (secondary N) is 1. The highest BCUT2D eigenvalue weighted by Crippen LogP contribution is 2.23. The summed E-state index contributed by atoms with van der Waals surface area (Å²) in [4.78, 5) is 17.4. The van der Waals surface area contributed by atoms with Gasteiger partial charge >= 0.3 is 0 Å². The zero-order chi connectivity index (χ0) is 13.7. The van der Waals surface area contributed by atoms with Gasteiger partial charge in [0, 0.05) is 10.6 Å². The molecule has 0 bridgehead atoms. The molecule has 1 aromatic heterocycles. The second kappa shape index (κ2) is 6.38. The first kappa shape index (κ1) is 13.6. The first-order valence-electron chi connectivity index (χ1n) is 6.11. The fourth-order valence-electron chi connectivity index (χ4n) is 1.60. The molecule has 0 fully saturated rings. The summed E-state index contributed by atoms with van der Waals surface area (Å²) >= 11 is 1.54. The zero-order valence-corrected chi connectivity index (χ0v) is 11.8. The summed E-state index contributed by atoms with van der Waals surface area (Å²) in [5.74, 6) is 0.567. The van der Waals surface area contributed by atoms with Crippen molar-refractivity contribution >= 4 is 23.5 Å². The van der Waals surface area contributed by atoms with Crippen LogP contribution in [0.1, 0.15) is 12.6 Å². The molecule has 98 valence electrons. The molecule has 2 rings (SSSR count). The van der Waals surface area contributed by atoms with E-state index in [1.165, 1.54) is 11.8 Å². The predicted molar refractivity (Wildman–Crippen MR) is 79.4 cm³/mol. The molecule has 0 saturated heterocycles. The highest BCUT2D eigenvalue weighted by Gasteiger charge is 2.14. The van der Waals surface area contributed by atoms with Crippen LogP contribution in [0, 0.1) is 6.92 Å². The molecule has 4 heteroatoms. The van der Waals surface area contributed by atoms with E-state index < -0.39 is 0 Å². The van der Waals surface area contributed by atoms with Crippen molar-refractivity contribution in [3.63, 3.8) is 0 Å². The van der Waals surface area contributed by atoms with E-state index in [9.17, 15) is 4.79 Å². The molecule has 0 spiro atoms. The van der Waals surface area contributed by atoms with Gasteiger partial charge in [-0.2, -0.15) is 0 Å². The Kier molecular flexibility index (Phi) is 4.58. The summed E-state index contributed by atoms with van der Waals surface area (Å²) in [5.41, 5.74) is 0.890. The van der Waals surface area contributed by atoms with E-state index in [2.05, 4.69) is 10.3 Å². The quantitative estimate of drug-likeness (QED) is 0.866. The molecule has 1 aromatic carbocycles. The molecular formula is C15H16N2OS. The molecule has 0 aliphatic heterocycles. The first-order valence-corrected chi connectivity index (χ1v) is 6.99. The third kappa shape index (κ3) is 4.10. The maximum atomic E-state index is 12.1. The van der Waals surface area contributed by atoms with E-state index in [1.807, 2.05) is 56.3 Å². The maximum absolute atomic E-state index is 12.1. The predicted octanol–water partition coefficient (Wildman–Crippen LogP) is 3.51. The summed E-state index contributed by atoms with van der Waals surface area (Å²) in [7, 11) is 0. The first-order chi connectivity index (χ1) is 9.15. The molecule has 1 N–H and O–H groups in total. The average molecular weight is 272 g/mol. The monoisotopic (exact) mass is 272 g/mol. The summed E-state index contributed by atoms with van der Waals surface area (Å²) in [6.45, 7) is 3.79. The second-order valence-electron chi connectivity index (χ2n) is 4.23. The lowest BCUT2D eigenvalue weighted by molar-refractivity contribution is -0.115. The van der Waals surface area contributed by atoms with Crippen molar-refractivity contribution in [3.05, 3.63) is 54.2 Å². The van der Waals surface area contributed by atoms with Crippen LogP contribution >= 0.6 is 11.8 Å². The third-order valence-corrected chi connectivity index (χ3v) is 3.68. The van der Waals surface area contributed by atoms with Crippen molar-refractivity contribution in [1.29, 1.82) is 0 Å². The van der Waals surface area contributed by atoms with Crippen LogP contribution in [0.5, 0.6) is 0 Å². The summed E-state index contributed by atoms with van der Waals surface area (Å²) in [5, 5.41) is 2.67. The second-order valence-corrected chi connectivity index (χ2v) is 5.64. The van der Waals surface area contributed by atoms with Gasteiger partial charge in [0.1, 0.15) is 5.82 Å². The topological polar surface area (TPSA) is 42.0 Å². The molecule has 0 aliphatic rings. The Balaban J connectivity index is 1.96. The molecule has 0 aliphatic carbocycles. The van der Waals surface area contributed by atoms with Crippen molar-refractivity contribution in [3.8, 4) is 0 Å². The van der Waals surface area contributed by atoms with Crippen LogP contribution in [0.2, 0.25) is 0 Å². The van der Waals surface area contributed by atoms with Crippen LogP contribution in [0.15, 0.2) is 53.4 Å². The third-order valence-electron chi connectivity index (χ3n) is 2.56. The molecule has 0 radical (unpaired) electrons. The molecule has 0 saturated carbocycles. The minimum absolute atomic E-state index is 0.0352. The van der Waals surface area contributed by atoms with Crippen molar-refractivity contribution in [2.45, 2.75) is 24.0 Å². The molecular weight excluding hydrogens is 256 g/mol. The molecule has 1 atom stereocenters. The normalized spacial score (nSPS) is 11.9. The molecule has 2 aromatic rings. The Bertz CT molecular complexity index is 557. The molecule has 1 amide bonds. The number of amides is 1. The van der Waals surface area contributed by atoms with Crippen molar-refractivity contribution in [2.75, 3.05) is 5.32 Å². The van der Waals surface area contributed by atoms with Crippen LogP contribution in [0.25, 0.3) is 0 Å². The summed E-state index contributed by atoms with van der Waals surface area (Å²) in [6.07, 6.45) is 0. The fraction of sp³-hybridized carbons (Fsp3) is 0.200. The number of nitrogens with zero attached hydrogens (tertiary/aromatic N) is 1. The standard InChI is InChI=1S/C15H16N2OS/c1-11-7-6-10-14(16-11)17-15(18)12(2)19-13-8-4-3-5-9-13/h3-10,12H,1-2H3,(H,16,17,18)/t12-/m0/s1. The smallest absolute Gasteiger partial charge is 0.238 e. The lowest BCUT2D eigenvalue weighted by Crippen LogP contribution is -2.22. The molecule has 19 heavy (non-hydrogen) atoms. The maximum Gasteiger partial charge on any atom is 0.238 e. The number of aromatic nitrogens is 1. The van der Waals surface area contributed by atoms with Crippen LogP contribution < -0.4 is 5.32 Å². The number of carbonyl (C=O) groups excluding carboxylic acids is 1. The Morgan fingerprint density at radius 3 is 2.58 bits per heavy atom. The number of anilines is 1. The number of pyridine rings is 1. The number of thioether (sulfide) groups is 1. The number of rotatable bonds is 4. The van der Waals surface area contributed by atoms with Crippen LogP contribution in [-0.4, -0.2) is 16.1 Å². The number of hydrogen-bond donors (Lipinski definition) is 1. The minimum Gasteiger partial charge on any atom is -0.310 e. The Labute approximate surface area is 117 Å². The Hall–Kier alpha value is -1.81. The number of carbonyl (C=O) groups is 1. The molecule has 3 nitrogen and oxygen atoms in total. The number of benzene rings is 1. The fourth-order valence-corrected chi connectivity index (χ4v) is 2.49. The van der Waals surface area contributed by atoms with Gasteiger partial charge in [-0.05, 0) is 38.1 Å². The van der Waals surface area contributed by atoms with Gasteiger partial charge in [-0.1, -0.05) is 24.3 Å². The zero-order valence-electron chi connectivity index (χ0n) is 11.0. The van der Waals surface area contributed by atoms with Crippen molar-refractivity contribution < 1.29 is 4.79 Å². The van der Waals surface area contributed by atoms with Gasteiger partial charge in [-0.3, -0.25) is 4.79 Å². The largest absolute Gasteiger partial charge is 0.310 e. The minimum atomic E-state index is -0.162. The van der Waals surface area contributed by atoms with Gasteiger partial charge < -0.3 is 5.32 Å². The SMILES string of the molecule is Cc1cccc(NC(=O)[C@H](C)Sc2ccccc2)n1. The molecule has 0 unspecified atom stereocenters. The lowest BCUT2D eigenvalue weighted by atomic mass is 10.3. The van der Waals surface area contributed by atoms with E-state index in [4.69, 9.17) is 0 Å². The van der Waals surface area contributed by atoms with E-state index in [1.54, 1.807) is 6.07 Å². The van der Waals surface area contributed by atoms with Crippen LogP contribution in [0.4, 0.5) is 5.82 Å². The van der Waals surface area contributed by atoms with Crippen molar-refractivity contribution in [1.82, 2.24) is 4.98 Å². The van der Waals surface area contributed by atoms with Crippen LogP contribution in [0.3, 0.4) is 0 Å². The average Bonchev–Trinajstić information content (AvgIpc) is 2.40. The van der Waals surface area contributed by atoms with Gasteiger partial charge in [0.25, 0.3) is 0 Å². The van der Waals surface area contributed by atoms with Crippen LogP contribution in [-0.2, 0) is 4.79 Å². The Morgan fingerprint density at radius 2 is 1.89 bits per heavy atom. The van der Waals surface area contributed by atoms with Crippen molar-refractivity contribution in [2.24, 2.45) is 0 Å². The summed E-state index contributed by atoms with van der Waals surface area (Å²) in [6, 6.07) is 15.5. The Morgan fingerprint density at radius 1 is 1.16 bits per heavy atom. The van der Waals surface area contributed by atoms with Gasteiger partial charge in [0.2, 0.25) is 5.91 Å². The number of aryl methyl sites for hydroxylation is 1. The van der Waals surface area contributed by atoms with E-state index in [0.717, 1.165) is 10.6 Å². The lowest BCUT2D eigenvalue weighted by Gasteiger charge is -2.11.